The maximum atomic E-state index is 12.3. The molecule has 1 aromatic carbocycles. The van der Waals surface area contributed by atoms with Crippen LogP contribution in [0.5, 0.6) is 5.75 Å². The molecule has 0 radical (unpaired) electrons. The first-order valence-electron chi connectivity index (χ1n) is 6.12. The van der Waals surface area contributed by atoms with Crippen LogP contribution in [0.25, 0.3) is 0 Å². The van der Waals surface area contributed by atoms with E-state index in [4.69, 9.17) is 10.00 Å². The molecule has 4 nitrogen and oxygen atoms in total. The highest BCUT2D eigenvalue weighted by Gasteiger charge is 2.37. The number of rotatable bonds is 3. The highest BCUT2D eigenvalue weighted by atomic mass is 32.2. The Kier molecular flexibility index (Phi) is 4.01. The number of hydrogen-bond acceptors (Lipinski definition) is 4. The summed E-state index contributed by atoms with van der Waals surface area (Å²) in [7, 11) is 1.53. The molecule has 1 amide bonds. The Labute approximate surface area is 117 Å². The van der Waals surface area contributed by atoms with Gasteiger partial charge in [-0.2, -0.15) is 5.26 Å². The molecule has 0 aliphatic carbocycles. The minimum atomic E-state index is -0.362. The second-order valence-corrected chi connectivity index (χ2v) is 6.26. The van der Waals surface area contributed by atoms with Crippen LogP contribution in [0.15, 0.2) is 18.2 Å². The van der Waals surface area contributed by atoms with Gasteiger partial charge in [0.25, 0.3) is 0 Å². The van der Waals surface area contributed by atoms with Gasteiger partial charge in [0, 0.05) is 6.07 Å². The molecule has 0 bridgehead atoms. The van der Waals surface area contributed by atoms with Crippen molar-refractivity contribution in [3.05, 3.63) is 23.8 Å². The lowest BCUT2D eigenvalue weighted by Gasteiger charge is -2.22. The first-order valence-corrected chi connectivity index (χ1v) is 7.11. The van der Waals surface area contributed by atoms with Crippen molar-refractivity contribution < 1.29 is 9.53 Å². The quantitative estimate of drug-likeness (QED) is 0.922. The molecule has 1 unspecified atom stereocenters. The van der Waals surface area contributed by atoms with Gasteiger partial charge in [0.1, 0.15) is 5.75 Å². The molecule has 0 spiro atoms. The summed E-state index contributed by atoms with van der Waals surface area (Å²) in [6.07, 6.45) is 1.96. The molecule has 100 valence electrons. The average Bonchev–Trinajstić information content (AvgIpc) is 2.87. The van der Waals surface area contributed by atoms with Crippen LogP contribution in [0.2, 0.25) is 0 Å². The lowest BCUT2D eigenvalue weighted by molar-refractivity contribution is -0.118. The molecule has 0 saturated carbocycles. The molecule has 1 heterocycles. The van der Waals surface area contributed by atoms with Crippen molar-refractivity contribution in [2.24, 2.45) is 0 Å². The van der Waals surface area contributed by atoms with Crippen molar-refractivity contribution in [1.82, 2.24) is 0 Å². The number of carbonyl (C=O) groups excluding carboxylic acids is 1. The summed E-state index contributed by atoms with van der Waals surface area (Å²) in [5.41, 5.74) is 1.12. The Morgan fingerprint density at radius 2 is 2.37 bits per heavy atom. The molecule has 1 aromatic rings. The van der Waals surface area contributed by atoms with Crippen LogP contribution in [-0.4, -0.2) is 23.5 Å². The highest BCUT2D eigenvalue weighted by molar-refractivity contribution is 8.01. The third-order valence-corrected chi connectivity index (χ3v) is 4.80. The van der Waals surface area contributed by atoms with Gasteiger partial charge in [0.05, 0.1) is 29.2 Å². The van der Waals surface area contributed by atoms with E-state index >= 15 is 0 Å². The second kappa shape index (κ2) is 5.54. The SMILES string of the molecule is COc1cc(C#N)ccc1NC(=O)C1(C)CCCS1. The topological polar surface area (TPSA) is 62.1 Å². The van der Waals surface area contributed by atoms with Crippen molar-refractivity contribution in [1.29, 1.82) is 5.26 Å². The van der Waals surface area contributed by atoms with E-state index in [0.29, 0.717) is 17.0 Å². The van der Waals surface area contributed by atoms with Crippen molar-refractivity contribution in [2.75, 3.05) is 18.2 Å². The Bertz CT molecular complexity index is 531. The zero-order chi connectivity index (χ0) is 13.9. The number of nitrogens with one attached hydrogen (secondary N) is 1. The maximum Gasteiger partial charge on any atom is 0.240 e. The number of amides is 1. The van der Waals surface area contributed by atoms with E-state index in [2.05, 4.69) is 5.32 Å². The molecular formula is C14H16N2O2S. The molecule has 5 heteroatoms. The van der Waals surface area contributed by atoms with Crippen molar-refractivity contribution >= 4 is 23.4 Å². The van der Waals surface area contributed by atoms with Crippen LogP contribution >= 0.6 is 11.8 Å². The number of nitriles is 1. The first-order chi connectivity index (χ1) is 9.09. The number of methoxy groups -OCH3 is 1. The van der Waals surface area contributed by atoms with Gasteiger partial charge in [-0.15, -0.1) is 11.8 Å². The summed E-state index contributed by atoms with van der Waals surface area (Å²) >= 11 is 1.69. The number of nitrogens with zero attached hydrogens (tertiary/aromatic N) is 1. The van der Waals surface area contributed by atoms with E-state index in [1.807, 2.05) is 13.0 Å². The molecule has 0 aromatic heterocycles. The number of thioether (sulfide) groups is 1. The fourth-order valence-corrected chi connectivity index (χ4v) is 3.29. The fourth-order valence-electron chi connectivity index (χ4n) is 2.08. The maximum absolute atomic E-state index is 12.3. The Morgan fingerprint density at radius 1 is 1.58 bits per heavy atom. The normalized spacial score (nSPS) is 21.7. The van der Waals surface area contributed by atoms with Crippen LogP contribution < -0.4 is 10.1 Å². The van der Waals surface area contributed by atoms with Gasteiger partial charge in [0.2, 0.25) is 5.91 Å². The molecular weight excluding hydrogens is 260 g/mol. The molecule has 1 aliphatic heterocycles. The fraction of sp³-hybridized carbons (Fsp3) is 0.429. The van der Waals surface area contributed by atoms with Gasteiger partial charge in [0.15, 0.2) is 0 Å². The third kappa shape index (κ3) is 2.85. The summed E-state index contributed by atoms with van der Waals surface area (Å²) in [5.74, 6) is 1.53. The molecule has 2 rings (SSSR count). The van der Waals surface area contributed by atoms with E-state index in [9.17, 15) is 4.79 Å². The lowest BCUT2D eigenvalue weighted by atomic mass is 10.0. The zero-order valence-electron chi connectivity index (χ0n) is 11.0. The number of hydrogen-bond donors (Lipinski definition) is 1. The van der Waals surface area contributed by atoms with Gasteiger partial charge in [-0.25, -0.2) is 0 Å². The minimum Gasteiger partial charge on any atom is -0.495 e. The van der Waals surface area contributed by atoms with Crippen LogP contribution in [0, 0.1) is 11.3 Å². The summed E-state index contributed by atoms with van der Waals surface area (Å²) < 4.78 is 4.85. The number of anilines is 1. The molecule has 1 atom stereocenters. The van der Waals surface area contributed by atoms with E-state index in [1.165, 1.54) is 7.11 Å². The largest absolute Gasteiger partial charge is 0.495 e. The van der Waals surface area contributed by atoms with E-state index < -0.39 is 0 Å². The number of carbonyl (C=O) groups is 1. The van der Waals surface area contributed by atoms with E-state index in [0.717, 1.165) is 18.6 Å². The summed E-state index contributed by atoms with van der Waals surface area (Å²) in [5, 5.41) is 11.7. The Hall–Kier alpha value is -1.67. The zero-order valence-corrected chi connectivity index (χ0v) is 11.8. The lowest BCUT2D eigenvalue weighted by Crippen LogP contribution is -2.34. The van der Waals surface area contributed by atoms with Crippen molar-refractivity contribution in [2.45, 2.75) is 24.5 Å². The van der Waals surface area contributed by atoms with Crippen LogP contribution in [0.1, 0.15) is 25.3 Å². The first kappa shape index (κ1) is 13.8. The molecule has 1 saturated heterocycles. The second-order valence-electron chi connectivity index (χ2n) is 4.66. The molecule has 19 heavy (non-hydrogen) atoms. The Morgan fingerprint density at radius 3 is 2.95 bits per heavy atom. The predicted octanol–water partition coefficient (Wildman–Crippen LogP) is 2.79. The molecule has 1 N–H and O–H groups in total. The van der Waals surface area contributed by atoms with Crippen LogP contribution in [0.4, 0.5) is 5.69 Å². The predicted molar refractivity (Wildman–Crippen MR) is 76.4 cm³/mol. The van der Waals surface area contributed by atoms with Gasteiger partial charge in [-0.05, 0) is 37.7 Å². The number of benzene rings is 1. The number of ether oxygens (including phenoxy) is 1. The van der Waals surface area contributed by atoms with Gasteiger partial charge in [-0.3, -0.25) is 4.79 Å². The minimum absolute atomic E-state index is 0.00184. The van der Waals surface area contributed by atoms with E-state index in [-0.39, 0.29) is 10.7 Å². The summed E-state index contributed by atoms with van der Waals surface area (Å²) in [6, 6.07) is 7.05. The monoisotopic (exact) mass is 276 g/mol. The van der Waals surface area contributed by atoms with Crippen molar-refractivity contribution in [3.63, 3.8) is 0 Å². The van der Waals surface area contributed by atoms with Gasteiger partial charge in [-0.1, -0.05) is 0 Å². The average molecular weight is 276 g/mol. The highest BCUT2D eigenvalue weighted by Crippen LogP contribution is 2.39. The smallest absolute Gasteiger partial charge is 0.240 e. The van der Waals surface area contributed by atoms with Crippen LogP contribution in [-0.2, 0) is 4.79 Å². The van der Waals surface area contributed by atoms with Crippen molar-refractivity contribution in [3.8, 4) is 11.8 Å². The van der Waals surface area contributed by atoms with Crippen LogP contribution in [0.3, 0.4) is 0 Å². The summed E-state index contributed by atoms with van der Waals surface area (Å²) in [6.45, 7) is 1.97. The molecule has 1 fully saturated rings. The van der Waals surface area contributed by atoms with Gasteiger partial charge >= 0.3 is 0 Å². The standard InChI is InChI=1S/C14H16N2O2S/c1-14(6-3-7-19-14)13(17)16-11-5-4-10(9-15)8-12(11)18-2/h4-5,8H,3,6-7H2,1-2H3,(H,16,17). The van der Waals surface area contributed by atoms with Gasteiger partial charge < -0.3 is 10.1 Å². The van der Waals surface area contributed by atoms with E-state index in [1.54, 1.807) is 30.0 Å². The summed E-state index contributed by atoms with van der Waals surface area (Å²) in [4.78, 5) is 12.3. The Balaban J connectivity index is 2.19. The molecule has 1 aliphatic rings. The third-order valence-electron chi connectivity index (χ3n) is 3.28.